The Hall–Kier alpha value is -1.02. The minimum absolute atomic E-state index is 0. The fourth-order valence-corrected chi connectivity index (χ4v) is 3.62. The number of halogens is 1. The van der Waals surface area contributed by atoms with Crippen LogP contribution in [0.25, 0.3) is 0 Å². The zero-order chi connectivity index (χ0) is 18.2. The van der Waals surface area contributed by atoms with Crippen LogP contribution in [0.1, 0.15) is 51.0 Å². The molecule has 0 spiro atoms. The third-order valence-corrected chi connectivity index (χ3v) is 5.46. The Balaban J connectivity index is 0.00000261. The van der Waals surface area contributed by atoms with Crippen molar-refractivity contribution in [2.45, 2.75) is 64.1 Å². The molecule has 152 valence electrons. The van der Waals surface area contributed by atoms with Crippen LogP contribution in [0.2, 0.25) is 0 Å². The van der Waals surface area contributed by atoms with Crippen LogP contribution < -0.4 is 15.4 Å². The van der Waals surface area contributed by atoms with Gasteiger partial charge in [0.2, 0.25) is 0 Å². The lowest BCUT2D eigenvalue weighted by Gasteiger charge is -2.33. The zero-order valence-electron chi connectivity index (χ0n) is 16.7. The lowest BCUT2D eigenvalue weighted by atomic mass is 9.96. The predicted molar refractivity (Wildman–Crippen MR) is 123 cm³/mol. The van der Waals surface area contributed by atoms with Crippen LogP contribution in [0.4, 0.5) is 0 Å². The van der Waals surface area contributed by atoms with E-state index in [1.54, 1.807) is 0 Å². The van der Waals surface area contributed by atoms with E-state index in [4.69, 9.17) is 4.74 Å². The van der Waals surface area contributed by atoms with E-state index in [0.29, 0.717) is 12.1 Å². The van der Waals surface area contributed by atoms with Crippen molar-refractivity contribution in [3.8, 4) is 5.75 Å². The van der Waals surface area contributed by atoms with E-state index in [0.717, 1.165) is 18.3 Å². The fourth-order valence-electron chi connectivity index (χ4n) is 3.62. The minimum Gasteiger partial charge on any atom is -0.490 e. The summed E-state index contributed by atoms with van der Waals surface area (Å²) in [6.45, 7) is 6.57. The second kappa shape index (κ2) is 11.7. The number of guanidine groups is 1. The first-order valence-electron chi connectivity index (χ1n) is 10.2. The van der Waals surface area contributed by atoms with E-state index < -0.39 is 0 Å². The summed E-state index contributed by atoms with van der Waals surface area (Å²) in [4.78, 5) is 6.97. The van der Waals surface area contributed by atoms with Crippen LogP contribution in [-0.2, 0) is 6.54 Å². The highest BCUT2D eigenvalue weighted by Gasteiger charge is 2.21. The van der Waals surface area contributed by atoms with Crippen molar-refractivity contribution in [3.05, 3.63) is 29.8 Å². The number of rotatable bonds is 7. The van der Waals surface area contributed by atoms with Crippen molar-refractivity contribution in [1.29, 1.82) is 0 Å². The van der Waals surface area contributed by atoms with Crippen molar-refractivity contribution in [1.82, 2.24) is 15.5 Å². The van der Waals surface area contributed by atoms with Gasteiger partial charge in [0.25, 0.3) is 0 Å². The molecule has 1 aliphatic carbocycles. The molecule has 1 aliphatic heterocycles. The molecule has 2 N–H and O–H groups in total. The van der Waals surface area contributed by atoms with Gasteiger partial charge >= 0.3 is 0 Å². The van der Waals surface area contributed by atoms with Gasteiger partial charge in [0.1, 0.15) is 5.75 Å². The summed E-state index contributed by atoms with van der Waals surface area (Å²) >= 11 is 0. The van der Waals surface area contributed by atoms with Crippen LogP contribution in [0.3, 0.4) is 0 Å². The predicted octanol–water partition coefficient (Wildman–Crippen LogP) is 3.78. The van der Waals surface area contributed by atoms with E-state index in [9.17, 15) is 0 Å². The second-order valence-corrected chi connectivity index (χ2v) is 7.46. The number of ether oxygens (including phenoxy) is 1. The molecule has 0 aromatic heterocycles. The largest absolute Gasteiger partial charge is 0.490 e. The average Bonchev–Trinajstić information content (AvgIpc) is 2.64. The van der Waals surface area contributed by atoms with Crippen LogP contribution >= 0.6 is 24.0 Å². The lowest BCUT2D eigenvalue weighted by Crippen LogP contribution is -2.48. The van der Waals surface area contributed by atoms with E-state index in [2.05, 4.69) is 51.7 Å². The fraction of sp³-hybridized carbons (Fsp3) is 0.667. The summed E-state index contributed by atoms with van der Waals surface area (Å²) < 4.78 is 6.13. The van der Waals surface area contributed by atoms with Gasteiger partial charge in [0.05, 0.1) is 6.10 Å². The number of hydrogen-bond acceptors (Lipinski definition) is 3. The van der Waals surface area contributed by atoms with Gasteiger partial charge in [-0.3, -0.25) is 4.99 Å². The lowest BCUT2D eigenvalue weighted by molar-refractivity contribution is 0.119. The molecule has 1 aromatic carbocycles. The first kappa shape index (κ1) is 22.3. The average molecular weight is 486 g/mol. The molecule has 1 aromatic rings. The van der Waals surface area contributed by atoms with E-state index in [-0.39, 0.29) is 24.0 Å². The third-order valence-electron chi connectivity index (χ3n) is 5.46. The van der Waals surface area contributed by atoms with Crippen molar-refractivity contribution in [2.75, 3.05) is 26.7 Å². The number of likely N-dealkylation sites (tertiary alicyclic amines) is 1. The summed E-state index contributed by atoms with van der Waals surface area (Å²) in [5.41, 5.74) is 1.19. The Labute approximate surface area is 181 Å². The molecule has 1 saturated carbocycles. The van der Waals surface area contributed by atoms with Gasteiger partial charge in [0, 0.05) is 38.3 Å². The molecule has 1 saturated heterocycles. The molecule has 6 heteroatoms. The first-order valence-corrected chi connectivity index (χ1v) is 10.2. The Morgan fingerprint density at radius 3 is 2.56 bits per heavy atom. The number of hydrogen-bond donors (Lipinski definition) is 2. The first-order chi connectivity index (χ1) is 12.8. The number of aliphatic imine (C=N–C) groups is 1. The van der Waals surface area contributed by atoms with E-state index >= 15 is 0 Å². The van der Waals surface area contributed by atoms with Crippen molar-refractivity contribution in [3.63, 3.8) is 0 Å². The molecule has 0 bridgehead atoms. The number of piperidine rings is 1. The number of para-hydroxylation sites is 1. The molecule has 0 unspecified atom stereocenters. The molecular formula is C21H35IN4O. The molecule has 1 heterocycles. The van der Waals surface area contributed by atoms with Crippen LogP contribution in [-0.4, -0.2) is 49.7 Å². The summed E-state index contributed by atoms with van der Waals surface area (Å²) in [5.74, 6) is 1.89. The van der Waals surface area contributed by atoms with Gasteiger partial charge in [-0.05, 0) is 51.1 Å². The van der Waals surface area contributed by atoms with E-state index in [1.807, 2.05) is 7.05 Å². The quantitative estimate of drug-likeness (QED) is 0.350. The normalized spacial score (nSPS) is 19.1. The molecule has 27 heavy (non-hydrogen) atoms. The van der Waals surface area contributed by atoms with Crippen LogP contribution in [0.15, 0.2) is 29.3 Å². The number of nitrogens with one attached hydrogen (secondary N) is 2. The highest BCUT2D eigenvalue weighted by molar-refractivity contribution is 14.0. The highest BCUT2D eigenvalue weighted by atomic mass is 127. The monoisotopic (exact) mass is 486 g/mol. The second-order valence-electron chi connectivity index (χ2n) is 7.46. The zero-order valence-corrected chi connectivity index (χ0v) is 19.1. The summed E-state index contributed by atoms with van der Waals surface area (Å²) in [6.07, 6.45) is 7.66. The van der Waals surface area contributed by atoms with Gasteiger partial charge in [-0.1, -0.05) is 25.1 Å². The van der Waals surface area contributed by atoms with Gasteiger partial charge in [0.15, 0.2) is 5.96 Å². The van der Waals surface area contributed by atoms with Crippen LogP contribution in [0, 0.1) is 0 Å². The van der Waals surface area contributed by atoms with Crippen molar-refractivity contribution >= 4 is 29.9 Å². The Morgan fingerprint density at radius 2 is 1.93 bits per heavy atom. The molecule has 5 nitrogen and oxygen atoms in total. The maximum Gasteiger partial charge on any atom is 0.191 e. The van der Waals surface area contributed by atoms with Crippen LogP contribution in [0.5, 0.6) is 5.75 Å². The molecular weight excluding hydrogens is 451 g/mol. The molecule has 2 aliphatic rings. The summed E-state index contributed by atoms with van der Waals surface area (Å²) in [6, 6.07) is 8.85. The maximum atomic E-state index is 6.13. The minimum atomic E-state index is 0. The third kappa shape index (κ3) is 6.82. The summed E-state index contributed by atoms with van der Waals surface area (Å²) in [7, 11) is 1.85. The number of nitrogens with zero attached hydrogens (tertiary/aromatic N) is 2. The summed E-state index contributed by atoms with van der Waals surface area (Å²) in [5, 5.41) is 7.06. The molecule has 0 atom stereocenters. The van der Waals surface area contributed by atoms with Gasteiger partial charge in [-0.15, -0.1) is 24.0 Å². The topological polar surface area (TPSA) is 48.9 Å². The molecule has 3 rings (SSSR count). The van der Waals surface area contributed by atoms with E-state index in [1.165, 1.54) is 63.7 Å². The Bertz CT molecular complexity index is 583. The Morgan fingerprint density at radius 1 is 1.19 bits per heavy atom. The molecule has 0 radical (unpaired) electrons. The molecule has 0 amide bonds. The standard InChI is InChI=1S/C21H34N4O.HI/c1-3-13-25-14-11-18(12-15-25)24-21(22-2)23-16-17-7-4-5-10-20(17)26-19-8-6-9-19;/h4-5,7,10,18-19H,3,6,8-9,11-16H2,1-2H3,(H2,22,23,24);1H. The van der Waals surface area contributed by atoms with Crippen molar-refractivity contribution < 1.29 is 4.74 Å². The highest BCUT2D eigenvalue weighted by Crippen LogP contribution is 2.27. The van der Waals surface area contributed by atoms with Crippen molar-refractivity contribution in [2.24, 2.45) is 4.99 Å². The smallest absolute Gasteiger partial charge is 0.191 e. The number of benzene rings is 1. The van der Waals surface area contributed by atoms with Gasteiger partial charge < -0.3 is 20.3 Å². The van der Waals surface area contributed by atoms with Gasteiger partial charge in [-0.25, -0.2) is 0 Å². The Kier molecular flexibility index (Phi) is 9.68. The van der Waals surface area contributed by atoms with Gasteiger partial charge in [-0.2, -0.15) is 0 Å². The SMILES string of the molecule is CCCN1CCC(NC(=NC)NCc2ccccc2OC2CCC2)CC1.I. The molecule has 2 fully saturated rings. The maximum absolute atomic E-state index is 6.13.